The lowest BCUT2D eigenvalue weighted by molar-refractivity contribution is 0.528. The average molecular weight is 353 g/mol. The van der Waals surface area contributed by atoms with E-state index in [0.29, 0.717) is 6.04 Å². The van der Waals surface area contributed by atoms with Gasteiger partial charge in [-0.25, -0.2) is 0 Å². The molecule has 1 unspecified atom stereocenters. The van der Waals surface area contributed by atoms with Gasteiger partial charge in [0.05, 0.1) is 0 Å². The molecule has 0 aliphatic rings. The van der Waals surface area contributed by atoms with Crippen LogP contribution in [0.2, 0.25) is 0 Å². The third-order valence-electron chi connectivity index (χ3n) is 3.37. The molecule has 0 radical (unpaired) electrons. The fourth-order valence-corrected chi connectivity index (χ4v) is 3.84. The molecule has 0 fully saturated rings. The Bertz CT molecular complexity index is 539. The van der Waals surface area contributed by atoms with Crippen LogP contribution in [0.4, 0.5) is 0 Å². The Hall–Kier alpha value is -0.710. The molecule has 0 aromatic carbocycles. The Kier molecular flexibility index (Phi) is 6.20. The molecular formula is C16H21BrN2S. The number of thiophene rings is 1. The van der Waals surface area contributed by atoms with E-state index < -0.39 is 0 Å². The summed E-state index contributed by atoms with van der Waals surface area (Å²) < 4.78 is 1.18. The molecule has 1 atom stereocenters. The second-order valence-electron chi connectivity index (χ2n) is 4.87. The number of nitrogens with one attached hydrogen (secondary N) is 1. The fourth-order valence-electron chi connectivity index (χ4n) is 2.35. The second kappa shape index (κ2) is 7.91. The molecule has 0 saturated heterocycles. The maximum Gasteiger partial charge on any atom is 0.0372 e. The lowest BCUT2D eigenvalue weighted by atomic mass is 9.97. The number of pyridine rings is 1. The largest absolute Gasteiger partial charge is 0.310 e. The van der Waals surface area contributed by atoms with Gasteiger partial charge in [0.2, 0.25) is 0 Å². The number of hydrogen-bond acceptors (Lipinski definition) is 3. The summed E-state index contributed by atoms with van der Waals surface area (Å²) in [6, 6.07) is 4.76. The van der Waals surface area contributed by atoms with Gasteiger partial charge in [-0.1, -0.05) is 13.8 Å². The quantitative estimate of drug-likeness (QED) is 0.777. The van der Waals surface area contributed by atoms with Crippen LogP contribution in [0.3, 0.4) is 0 Å². The van der Waals surface area contributed by atoms with E-state index in [1.54, 1.807) is 0 Å². The molecule has 0 saturated carbocycles. The summed E-state index contributed by atoms with van der Waals surface area (Å²) in [7, 11) is 0. The first kappa shape index (κ1) is 15.7. The number of aromatic nitrogens is 1. The normalized spacial score (nSPS) is 12.6. The average Bonchev–Trinajstić information content (AvgIpc) is 2.88. The SMILES string of the molecule is CCCNC(Cc1cc(Br)cs1)c1ccncc1CC. The van der Waals surface area contributed by atoms with Crippen molar-refractivity contribution in [2.45, 2.75) is 39.2 Å². The number of nitrogens with zero attached hydrogens (tertiary/aromatic N) is 1. The van der Waals surface area contributed by atoms with Crippen LogP contribution in [-0.2, 0) is 12.8 Å². The Morgan fingerprint density at radius 2 is 2.25 bits per heavy atom. The van der Waals surface area contributed by atoms with Crippen molar-refractivity contribution < 1.29 is 0 Å². The van der Waals surface area contributed by atoms with Gasteiger partial charge in [0, 0.05) is 39.6 Å². The minimum Gasteiger partial charge on any atom is -0.310 e. The van der Waals surface area contributed by atoms with Gasteiger partial charge in [-0.2, -0.15) is 0 Å². The molecule has 2 aromatic rings. The van der Waals surface area contributed by atoms with Crippen LogP contribution in [0.25, 0.3) is 0 Å². The third kappa shape index (κ3) is 4.14. The van der Waals surface area contributed by atoms with Crippen LogP contribution in [0.5, 0.6) is 0 Å². The van der Waals surface area contributed by atoms with Crippen molar-refractivity contribution in [3.8, 4) is 0 Å². The Balaban J connectivity index is 2.22. The summed E-state index contributed by atoms with van der Waals surface area (Å²) >= 11 is 5.36. The van der Waals surface area contributed by atoms with Crippen molar-refractivity contribution in [3.05, 3.63) is 50.4 Å². The van der Waals surface area contributed by atoms with Gasteiger partial charge in [0.15, 0.2) is 0 Å². The summed E-state index contributed by atoms with van der Waals surface area (Å²) in [5.74, 6) is 0. The summed E-state index contributed by atoms with van der Waals surface area (Å²) in [6.45, 7) is 5.45. The van der Waals surface area contributed by atoms with Gasteiger partial charge in [0.1, 0.15) is 0 Å². The highest BCUT2D eigenvalue weighted by Crippen LogP contribution is 2.27. The highest BCUT2D eigenvalue weighted by molar-refractivity contribution is 9.10. The zero-order chi connectivity index (χ0) is 14.4. The van der Waals surface area contributed by atoms with Crippen LogP contribution in [-0.4, -0.2) is 11.5 Å². The standard InChI is InChI=1S/C16H21BrN2S/c1-3-6-19-16(9-14-8-13(17)11-20-14)15-5-7-18-10-12(15)4-2/h5,7-8,10-11,16,19H,3-4,6,9H2,1-2H3. The molecule has 0 bridgehead atoms. The van der Waals surface area contributed by atoms with E-state index in [9.17, 15) is 0 Å². The van der Waals surface area contributed by atoms with E-state index in [0.717, 1.165) is 25.8 Å². The van der Waals surface area contributed by atoms with Crippen molar-refractivity contribution in [1.82, 2.24) is 10.3 Å². The maximum absolute atomic E-state index is 4.26. The van der Waals surface area contributed by atoms with Crippen molar-refractivity contribution in [2.75, 3.05) is 6.54 Å². The third-order valence-corrected chi connectivity index (χ3v) is 5.09. The zero-order valence-corrected chi connectivity index (χ0v) is 14.4. The Labute approximate surface area is 133 Å². The minimum absolute atomic E-state index is 0.374. The van der Waals surface area contributed by atoms with Gasteiger partial charge in [-0.15, -0.1) is 11.3 Å². The smallest absolute Gasteiger partial charge is 0.0372 e. The fraction of sp³-hybridized carbons (Fsp3) is 0.438. The molecule has 0 amide bonds. The van der Waals surface area contributed by atoms with Gasteiger partial charge >= 0.3 is 0 Å². The number of aryl methyl sites for hydroxylation is 1. The molecule has 2 heterocycles. The molecular weight excluding hydrogens is 332 g/mol. The lowest BCUT2D eigenvalue weighted by Gasteiger charge is -2.21. The van der Waals surface area contributed by atoms with Gasteiger partial charge in [0.25, 0.3) is 0 Å². The predicted octanol–water partition coefficient (Wildman–Crippen LogP) is 4.75. The summed E-state index contributed by atoms with van der Waals surface area (Å²) in [5.41, 5.74) is 2.73. The van der Waals surface area contributed by atoms with Gasteiger partial charge in [-0.3, -0.25) is 4.98 Å². The van der Waals surface area contributed by atoms with E-state index in [-0.39, 0.29) is 0 Å². The molecule has 108 valence electrons. The highest BCUT2D eigenvalue weighted by Gasteiger charge is 2.15. The van der Waals surface area contributed by atoms with E-state index >= 15 is 0 Å². The van der Waals surface area contributed by atoms with Gasteiger partial charge < -0.3 is 5.32 Å². The van der Waals surface area contributed by atoms with Crippen molar-refractivity contribution in [1.29, 1.82) is 0 Å². The monoisotopic (exact) mass is 352 g/mol. The van der Waals surface area contributed by atoms with Crippen LogP contribution >= 0.6 is 27.3 Å². The van der Waals surface area contributed by atoms with Crippen molar-refractivity contribution in [2.24, 2.45) is 0 Å². The number of hydrogen-bond donors (Lipinski definition) is 1. The second-order valence-corrected chi connectivity index (χ2v) is 6.78. The molecule has 4 heteroatoms. The molecule has 0 aliphatic heterocycles. The molecule has 0 spiro atoms. The maximum atomic E-state index is 4.26. The molecule has 20 heavy (non-hydrogen) atoms. The predicted molar refractivity (Wildman–Crippen MR) is 90.4 cm³/mol. The molecule has 2 nitrogen and oxygen atoms in total. The summed E-state index contributed by atoms with van der Waals surface area (Å²) in [4.78, 5) is 5.66. The van der Waals surface area contributed by atoms with E-state index in [2.05, 4.69) is 57.6 Å². The molecule has 2 aromatic heterocycles. The number of halogens is 1. The highest BCUT2D eigenvalue weighted by atomic mass is 79.9. The molecule has 0 aliphatic carbocycles. The first-order valence-electron chi connectivity index (χ1n) is 7.13. The Morgan fingerprint density at radius 3 is 2.90 bits per heavy atom. The van der Waals surface area contributed by atoms with Crippen molar-refractivity contribution >= 4 is 27.3 Å². The van der Waals surface area contributed by atoms with E-state index in [1.807, 2.05) is 23.7 Å². The number of rotatable bonds is 7. The summed E-state index contributed by atoms with van der Waals surface area (Å²) in [5, 5.41) is 5.83. The first-order valence-corrected chi connectivity index (χ1v) is 8.81. The first-order chi connectivity index (χ1) is 9.74. The van der Waals surface area contributed by atoms with Crippen LogP contribution < -0.4 is 5.32 Å². The Morgan fingerprint density at radius 1 is 1.40 bits per heavy atom. The van der Waals surface area contributed by atoms with Crippen LogP contribution in [0, 0.1) is 0 Å². The van der Waals surface area contributed by atoms with Crippen LogP contribution in [0.1, 0.15) is 42.3 Å². The van der Waals surface area contributed by atoms with E-state index in [1.165, 1.54) is 20.5 Å². The van der Waals surface area contributed by atoms with Crippen LogP contribution in [0.15, 0.2) is 34.4 Å². The lowest BCUT2D eigenvalue weighted by Crippen LogP contribution is -2.25. The summed E-state index contributed by atoms with van der Waals surface area (Å²) in [6.07, 6.45) is 7.12. The molecule has 1 N–H and O–H groups in total. The van der Waals surface area contributed by atoms with Crippen molar-refractivity contribution in [3.63, 3.8) is 0 Å². The van der Waals surface area contributed by atoms with Gasteiger partial charge in [-0.05, 0) is 58.6 Å². The van der Waals surface area contributed by atoms with E-state index in [4.69, 9.17) is 0 Å². The topological polar surface area (TPSA) is 24.9 Å². The minimum atomic E-state index is 0.374. The zero-order valence-electron chi connectivity index (χ0n) is 12.0. The molecule has 2 rings (SSSR count).